The molecule has 0 bridgehead atoms. The Labute approximate surface area is 171 Å². The maximum atomic E-state index is 12.7. The van der Waals surface area contributed by atoms with Gasteiger partial charge in [0.25, 0.3) is 5.91 Å². The third-order valence-corrected chi connectivity index (χ3v) is 5.24. The number of anilines is 3. The van der Waals surface area contributed by atoms with E-state index in [0.717, 1.165) is 54.5 Å². The lowest BCUT2D eigenvalue weighted by Gasteiger charge is -2.36. The summed E-state index contributed by atoms with van der Waals surface area (Å²) in [6, 6.07) is 15.8. The molecule has 29 heavy (non-hydrogen) atoms. The van der Waals surface area contributed by atoms with E-state index < -0.39 is 0 Å². The Morgan fingerprint density at radius 2 is 1.69 bits per heavy atom. The molecule has 1 N–H and O–H groups in total. The predicted octanol–water partition coefficient (Wildman–Crippen LogP) is 3.67. The van der Waals surface area contributed by atoms with Crippen LogP contribution in [0.2, 0.25) is 0 Å². The summed E-state index contributed by atoms with van der Waals surface area (Å²) in [7, 11) is 0. The highest BCUT2D eigenvalue weighted by Crippen LogP contribution is 2.21. The molecule has 2 aromatic heterocycles. The van der Waals surface area contributed by atoms with Crippen molar-refractivity contribution in [2.45, 2.75) is 13.8 Å². The number of rotatable bonds is 4. The number of amides is 1. The SMILES string of the molecule is Cc1ccc(C)c(NC(=O)c2cc(N3CCN(c4ccccn4)CC3)ccn2)c1. The smallest absolute Gasteiger partial charge is 0.274 e. The first-order chi connectivity index (χ1) is 14.1. The number of carbonyl (C=O) groups excluding carboxylic acids is 1. The number of aromatic nitrogens is 2. The molecule has 0 aliphatic carbocycles. The molecule has 148 valence electrons. The number of nitrogens with one attached hydrogen (secondary N) is 1. The molecule has 0 saturated carbocycles. The van der Waals surface area contributed by atoms with Crippen molar-refractivity contribution >= 4 is 23.1 Å². The summed E-state index contributed by atoms with van der Waals surface area (Å²) >= 11 is 0. The third kappa shape index (κ3) is 4.37. The zero-order valence-electron chi connectivity index (χ0n) is 16.8. The second-order valence-corrected chi connectivity index (χ2v) is 7.33. The van der Waals surface area contributed by atoms with Gasteiger partial charge >= 0.3 is 0 Å². The highest BCUT2D eigenvalue weighted by atomic mass is 16.1. The summed E-state index contributed by atoms with van der Waals surface area (Å²) in [5, 5.41) is 2.99. The first kappa shape index (κ1) is 18.9. The van der Waals surface area contributed by atoms with Crippen LogP contribution in [0.4, 0.5) is 17.2 Å². The molecule has 1 saturated heterocycles. The topological polar surface area (TPSA) is 61.4 Å². The largest absolute Gasteiger partial charge is 0.368 e. The Morgan fingerprint density at radius 1 is 0.897 bits per heavy atom. The molecule has 0 atom stereocenters. The van der Waals surface area contributed by atoms with E-state index in [4.69, 9.17) is 0 Å². The van der Waals surface area contributed by atoms with E-state index in [1.54, 1.807) is 6.20 Å². The zero-order chi connectivity index (χ0) is 20.2. The van der Waals surface area contributed by atoms with Crippen molar-refractivity contribution in [3.05, 3.63) is 77.7 Å². The highest BCUT2D eigenvalue weighted by molar-refractivity contribution is 6.03. The fourth-order valence-electron chi connectivity index (χ4n) is 3.53. The quantitative estimate of drug-likeness (QED) is 0.740. The Bertz CT molecular complexity index is 997. The molecule has 1 aromatic carbocycles. The third-order valence-electron chi connectivity index (χ3n) is 5.24. The molecule has 0 radical (unpaired) electrons. The summed E-state index contributed by atoms with van der Waals surface area (Å²) in [6.45, 7) is 7.53. The number of piperazine rings is 1. The summed E-state index contributed by atoms with van der Waals surface area (Å²) in [5.41, 5.74) is 4.41. The van der Waals surface area contributed by atoms with Gasteiger partial charge in [0.1, 0.15) is 11.5 Å². The van der Waals surface area contributed by atoms with Crippen LogP contribution in [0.25, 0.3) is 0 Å². The van der Waals surface area contributed by atoms with Gasteiger partial charge in [0, 0.05) is 49.9 Å². The fourth-order valence-corrected chi connectivity index (χ4v) is 3.53. The van der Waals surface area contributed by atoms with E-state index in [-0.39, 0.29) is 5.91 Å². The maximum Gasteiger partial charge on any atom is 0.274 e. The van der Waals surface area contributed by atoms with E-state index >= 15 is 0 Å². The molecular weight excluding hydrogens is 362 g/mol. The summed E-state index contributed by atoms with van der Waals surface area (Å²) < 4.78 is 0. The number of nitrogens with zero attached hydrogens (tertiary/aromatic N) is 4. The van der Waals surface area contributed by atoms with Crippen molar-refractivity contribution < 1.29 is 4.79 Å². The van der Waals surface area contributed by atoms with Crippen LogP contribution >= 0.6 is 0 Å². The van der Waals surface area contributed by atoms with Gasteiger partial charge in [-0.3, -0.25) is 9.78 Å². The highest BCUT2D eigenvalue weighted by Gasteiger charge is 2.19. The number of aryl methyl sites for hydroxylation is 2. The molecule has 3 aromatic rings. The van der Waals surface area contributed by atoms with Gasteiger partial charge in [-0.2, -0.15) is 0 Å². The normalized spacial score (nSPS) is 14.0. The van der Waals surface area contributed by atoms with Crippen LogP contribution in [0, 0.1) is 13.8 Å². The van der Waals surface area contributed by atoms with E-state index in [9.17, 15) is 4.79 Å². The number of hydrogen-bond donors (Lipinski definition) is 1. The van der Waals surface area contributed by atoms with Crippen molar-refractivity contribution in [3.8, 4) is 0 Å². The van der Waals surface area contributed by atoms with E-state index in [2.05, 4.69) is 25.1 Å². The van der Waals surface area contributed by atoms with Crippen LogP contribution in [0.1, 0.15) is 21.6 Å². The minimum absolute atomic E-state index is 0.187. The summed E-state index contributed by atoms with van der Waals surface area (Å²) in [4.78, 5) is 26.0. The molecule has 1 aliphatic rings. The van der Waals surface area contributed by atoms with E-state index in [0.29, 0.717) is 5.69 Å². The van der Waals surface area contributed by atoms with Gasteiger partial charge in [0.05, 0.1) is 0 Å². The van der Waals surface area contributed by atoms with Crippen LogP contribution in [0.5, 0.6) is 0 Å². The predicted molar refractivity (Wildman–Crippen MR) is 117 cm³/mol. The first-order valence-corrected chi connectivity index (χ1v) is 9.86. The molecular formula is C23H25N5O. The van der Waals surface area contributed by atoms with Gasteiger partial charge in [0.15, 0.2) is 0 Å². The van der Waals surface area contributed by atoms with Crippen LogP contribution in [0.3, 0.4) is 0 Å². The van der Waals surface area contributed by atoms with Gasteiger partial charge in [-0.05, 0) is 55.3 Å². The molecule has 1 fully saturated rings. The summed E-state index contributed by atoms with van der Waals surface area (Å²) in [6.07, 6.45) is 3.53. The Balaban J connectivity index is 1.44. The van der Waals surface area contributed by atoms with Crippen LogP contribution in [0.15, 0.2) is 60.9 Å². The lowest BCUT2D eigenvalue weighted by molar-refractivity contribution is 0.102. The van der Waals surface area contributed by atoms with Gasteiger partial charge in [-0.15, -0.1) is 0 Å². The van der Waals surface area contributed by atoms with Crippen LogP contribution in [-0.4, -0.2) is 42.1 Å². The molecule has 0 unspecified atom stereocenters. The standard InChI is InChI=1S/C23H25N5O/c1-17-6-7-18(2)20(15-17)26-23(29)21-16-19(8-10-24-21)27-11-13-28(14-12-27)22-5-3-4-9-25-22/h3-10,15-16H,11-14H2,1-2H3,(H,26,29). The van der Waals surface area contributed by atoms with Gasteiger partial charge in [-0.1, -0.05) is 18.2 Å². The van der Waals surface area contributed by atoms with Gasteiger partial charge in [-0.25, -0.2) is 4.98 Å². The van der Waals surface area contributed by atoms with Crippen molar-refractivity contribution in [2.24, 2.45) is 0 Å². The van der Waals surface area contributed by atoms with Crippen LogP contribution in [-0.2, 0) is 0 Å². The first-order valence-electron chi connectivity index (χ1n) is 9.86. The zero-order valence-corrected chi connectivity index (χ0v) is 16.8. The minimum Gasteiger partial charge on any atom is -0.368 e. The molecule has 6 nitrogen and oxygen atoms in total. The molecule has 1 aliphatic heterocycles. The lowest BCUT2D eigenvalue weighted by atomic mass is 10.1. The molecule has 0 spiro atoms. The minimum atomic E-state index is -0.187. The maximum absolute atomic E-state index is 12.7. The fraction of sp³-hybridized carbons (Fsp3) is 0.261. The number of hydrogen-bond acceptors (Lipinski definition) is 5. The molecule has 4 rings (SSSR count). The number of carbonyl (C=O) groups is 1. The van der Waals surface area contributed by atoms with Crippen molar-refractivity contribution in [1.29, 1.82) is 0 Å². The van der Waals surface area contributed by atoms with Gasteiger partial charge < -0.3 is 15.1 Å². The molecule has 1 amide bonds. The van der Waals surface area contributed by atoms with Crippen molar-refractivity contribution in [1.82, 2.24) is 9.97 Å². The van der Waals surface area contributed by atoms with E-state index in [1.165, 1.54) is 0 Å². The van der Waals surface area contributed by atoms with Crippen molar-refractivity contribution in [3.63, 3.8) is 0 Å². The summed E-state index contributed by atoms with van der Waals surface area (Å²) in [5.74, 6) is 0.822. The average Bonchev–Trinajstić information content (AvgIpc) is 2.77. The monoisotopic (exact) mass is 387 g/mol. The Morgan fingerprint density at radius 3 is 2.45 bits per heavy atom. The average molecular weight is 387 g/mol. The molecule has 3 heterocycles. The second kappa shape index (κ2) is 8.31. The van der Waals surface area contributed by atoms with Gasteiger partial charge in [0.2, 0.25) is 0 Å². The van der Waals surface area contributed by atoms with Crippen LogP contribution < -0.4 is 15.1 Å². The number of benzene rings is 1. The lowest BCUT2D eigenvalue weighted by Crippen LogP contribution is -2.46. The van der Waals surface area contributed by atoms with E-state index in [1.807, 2.05) is 68.6 Å². The second-order valence-electron chi connectivity index (χ2n) is 7.33. The Hall–Kier alpha value is -3.41. The van der Waals surface area contributed by atoms with Crippen molar-refractivity contribution in [2.75, 3.05) is 41.3 Å². The number of pyridine rings is 2. The molecule has 6 heteroatoms. The Kier molecular flexibility index (Phi) is 5.42.